The Labute approximate surface area is 143 Å². The van der Waals surface area contributed by atoms with Crippen LogP contribution in [0.25, 0.3) is 0 Å². The Morgan fingerprint density at radius 1 is 1.16 bits per heavy atom. The Bertz CT molecular complexity index is 602. The quantitative estimate of drug-likeness (QED) is 0.779. The molecule has 0 radical (unpaired) electrons. The maximum Gasteiger partial charge on any atom is 0.422 e. The lowest BCUT2D eigenvalue weighted by atomic mass is 10.3. The van der Waals surface area contributed by atoms with Crippen LogP contribution < -0.4 is 15.4 Å². The highest BCUT2D eigenvalue weighted by atomic mass is 19.4. The van der Waals surface area contributed by atoms with Crippen molar-refractivity contribution in [1.82, 2.24) is 10.2 Å². The molecule has 0 unspecified atom stereocenters. The van der Waals surface area contributed by atoms with Crippen molar-refractivity contribution in [2.75, 3.05) is 38.1 Å². The Hall–Kier alpha value is -2.45. The highest BCUT2D eigenvalue weighted by Crippen LogP contribution is 2.21. The zero-order chi connectivity index (χ0) is 18.3. The van der Waals surface area contributed by atoms with Crippen LogP contribution in [0.15, 0.2) is 24.3 Å². The molecular weight excluding hydrogens is 339 g/mol. The lowest BCUT2D eigenvalue weighted by Gasteiger charge is -2.15. The first-order valence-corrected chi connectivity index (χ1v) is 7.91. The second-order valence-electron chi connectivity index (χ2n) is 5.65. The van der Waals surface area contributed by atoms with Crippen LogP contribution in [-0.2, 0) is 9.59 Å². The molecule has 2 rings (SSSR count). The van der Waals surface area contributed by atoms with E-state index < -0.39 is 12.8 Å². The molecule has 0 aliphatic carbocycles. The number of hydrogen-bond acceptors (Lipinski definition) is 4. The molecule has 1 aliphatic rings. The van der Waals surface area contributed by atoms with Gasteiger partial charge >= 0.3 is 6.18 Å². The predicted octanol–water partition coefficient (Wildman–Crippen LogP) is 1.78. The van der Waals surface area contributed by atoms with Crippen LogP contribution in [0, 0.1) is 0 Å². The van der Waals surface area contributed by atoms with Crippen LogP contribution in [0.2, 0.25) is 0 Å². The molecule has 0 bridgehead atoms. The molecule has 1 aromatic rings. The standard InChI is InChI=1S/C16H20F3N3O3/c17-16(18,19)11-25-13-5-3-4-12(8-13)20-9-14(23)21-10-15(24)22-6-1-2-7-22/h3-5,8,20H,1-2,6-7,9-11H2,(H,21,23). The summed E-state index contributed by atoms with van der Waals surface area (Å²) in [5.74, 6) is -0.450. The number of amides is 2. The Morgan fingerprint density at radius 2 is 1.88 bits per heavy atom. The number of halogens is 3. The van der Waals surface area contributed by atoms with E-state index in [4.69, 9.17) is 0 Å². The molecule has 1 aliphatic heterocycles. The molecule has 6 nitrogen and oxygen atoms in total. The largest absolute Gasteiger partial charge is 0.484 e. The van der Waals surface area contributed by atoms with Gasteiger partial charge in [0, 0.05) is 24.8 Å². The zero-order valence-electron chi connectivity index (χ0n) is 13.6. The SMILES string of the molecule is O=C(CNc1cccc(OCC(F)(F)F)c1)NCC(=O)N1CCCC1. The Balaban J connectivity index is 1.72. The number of anilines is 1. The molecule has 0 spiro atoms. The van der Waals surface area contributed by atoms with E-state index >= 15 is 0 Å². The molecule has 25 heavy (non-hydrogen) atoms. The molecule has 1 saturated heterocycles. The first-order valence-electron chi connectivity index (χ1n) is 7.91. The minimum absolute atomic E-state index is 0.0481. The zero-order valence-corrected chi connectivity index (χ0v) is 13.6. The third kappa shape index (κ3) is 6.90. The summed E-state index contributed by atoms with van der Waals surface area (Å²) >= 11 is 0. The number of alkyl halides is 3. The highest BCUT2D eigenvalue weighted by molar-refractivity contribution is 5.86. The summed E-state index contributed by atoms with van der Waals surface area (Å²) in [6.07, 6.45) is -2.45. The maximum absolute atomic E-state index is 12.1. The molecule has 0 atom stereocenters. The van der Waals surface area contributed by atoms with Crippen molar-refractivity contribution in [3.05, 3.63) is 24.3 Å². The summed E-state index contributed by atoms with van der Waals surface area (Å²) in [7, 11) is 0. The topological polar surface area (TPSA) is 70.7 Å². The molecule has 1 aromatic carbocycles. The number of rotatable bonds is 7. The number of carbonyl (C=O) groups is 2. The number of hydrogen-bond donors (Lipinski definition) is 2. The fraction of sp³-hybridized carbons (Fsp3) is 0.500. The highest BCUT2D eigenvalue weighted by Gasteiger charge is 2.28. The molecule has 9 heteroatoms. The molecule has 2 amide bonds. The lowest BCUT2D eigenvalue weighted by molar-refractivity contribution is -0.153. The van der Waals surface area contributed by atoms with E-state index in [1.807, 2.05) is 0 Å². The van der Waals surface area contributed by atoms with Gasteiger partial charge in [0.2, 0.25) is 11.8 Å². The van der Waals surface area contributed by atoms with Crippen molar-refractivity contribution in [3.8, 4) is 5.75 Å². The van der Waals surface area contributed by atoms with Gasteiger partial charge in [0.1, 0.15) is 5.75 Å². The second-order valence-corrected chi connectivity index (χ2v) is 5.65. The number of ether oxygens (including phenoxy) is 1. The van der Waals surface area contributed by atoms with Crippen LogP contribution in [0.4, 0.5) is 18.9 Å². The van der Waals surface area contributed by atoms with Crippen molar-refractivity contribution in [2.45, 2.75) is 19.0 Å². The average molecular weight is 359 g/mol. The number of nitrogens with one attached hydrogen (secondary N) is 2. The fourth-order valence-electron chi connectivity index (χ4n) is 2.36. The molecular formula is C16H20F3N3O3. The van der Waals surface area contributed by atoms with Gasteiger partial charge in [0.15, 0.2) is 6.61 Å². The third-order valence-electron chi connectivity index (χ3n) is 3.59. The van der Waals surface area contributed by atoms with Gasteiger partial charge in [0.05, 0.1) is 13.1 Å². The first kappa shape index (κ1) is 18.9. The van der Waals surface area contributed by atoms with Crippen molar-refractivity contribution >= 4 is 17.5 Å². The summed E-state index contributed by atoms with van der Waals surface area (Å²) in [4.78, 5) is 25.3. The average Bonchev–Trinajstić information content (AvgIpc) is 3.10. The summed E-state index contributed by atoms with van der Waals surface area (Å²) < 4.78 is 41.0. The van der Waals surface area contributed by atoms with Gasteiger partial charge in [-0.05, 0) is 25.0 Å². The molecule has 0 saturated carbocycles. The molecule has 2 N–H and O–H groups in total. The maximum atomic E-state index is 12.1. The number of nitrogens with zero attached hydrogens (tertiary/aromatic N) is 1. The lowest BCUT2D eigenvalue weighted by Crippen LogP contribution is -2.40. The van der Waals surface area contributed by atoms with Crippen LogP contribution in [-0.4, -0.2) is 55.7 Å². The van der Waals surface area contributed by atoms with Crippen LogP contribution in [0.1, 0.15) is 12.8 Å². The minimum Gasteiger partial charge on any atom is -0.484 e. The van der Waals surface area contributed by atoms with E-state index in [9.17, 15) is 22.8 Å². The normalized spacial score (nSPS) is 14.3. The van der Waals surface area contributed by atoms with Crippen LogP contribution in [0.3, 0.4) is 0 Å². The van der Waals surface area contributed by atoms with E-state index in [2.05, 4.69) is 15.4 Å². The predicted molar refractivity (Wildman–Crippen MR) is 85.3 cm³/mol. The van der Waals surface area contributed by atoms with Crippen LogP contribution >= 0.6 is 0 Å². The van der Waals surface area contributed by atoms with Gasteiger partial charge in [-0.15, -0.1) is 0 Å². The smallest absolute Gasteiger partial charge is 0.422 e. The van der Waals surface area contributed by atoms with Gasteiger partial charge in [-0.25, -0.2) is 0 Å². The van der Waals surface area contributed by atoms with E-state index in [1.54, 1.807) is 11.0 Å². The van der Waals surface area contributed by atoms with Gasteiger partial charge in [-0.3, -0.25) is 9.59 Å². The van der Waals surface area contributed by atoms with Crippen molar-refractivity contribution in [3.63, 3.8) is 0 Å². The van der Waals surface area contributed by atoms with E-state index in [0.29, 0.717) is 5.69 Å². The number of carbonyl (C=O) groups excluding carboxylic acids is 2. The van der Waals surface area contributed by atoms with Gasteiger partial charge in [-0.2, -0.15) is 13.2 Å². The van der Waals surface area contributed by atoms with Gasteiger partial charge in [-0.1, -0.05) is 6.07 Å². The molecule has 0 aromatic heterocycles. The van der Waals surface area contributed by atoms with Crippen LogP contribution in [0.5, 0.6) is 5.75 Å². The second kappa shape index (κ2) is 8.59. The van der Waals surface area contributed by atoms with E-state index in [1.165, 1.54) is 18.2 Å². The number of likely N-dealkylation sites (tertiary alicyclic amines) is 1. The number of benzene rings is 1. The first-order chi connectivity index (χ1) is 11.8. The Morgan fingerprint density at radius 3 is 2.56 bits per heavy atom. The van der Waals surface area contributed by atoms with Crippen molar-refractivity contribution < 1.29 is 27.5 Å². The molecule has 1 fully saturated rings. The van der Waals surface area contributed by atoms with Crippen molar-refractivity contribution in [2.24, 2.45) is 0 Å². The van der Waals surface area contributed by atoms with Crippen molar-refractivity contribution in [1.29, 1.82) is 0 Å². The summed E-state index contributed by atoms with van der Waals surface area (Å²) in [6.45, 7) is -0.101. The summed E-state index contributed by atoms with van der Waals surface area (Å²) in [5, 5.41) is 5.29. The van der Waals surface area contributed by atoms with E-state index in [-0.39, 0.29) is 30.7 Å². The fourth-order valence-corrected chi connectivity index (χ4v) is 2.36. The minimum atomic E-state index is -4.41. The monoisotopic (exact) mass is 359 g/mol. The Kier molecular flexibility index (Phi) is 6.49. The third-order valence-corrected chi connectivity index (χ3v) is 3.59. The molecule has 138 valence electrons. The summed E-state index contributed by atoms with van der Waals surface area (Å²) in [6, 6.07) is 5.88. The summed E-state index contributed by atoms with van der Waals surface area (Å²) in [5.41, 5.74) is 0.445. The van der Waals surface area contributed by atoms with Gasteiger partial charge in [0.25, 0.3) is 0 Å². The molecule has 1 heterocycles. The van der Waals surface area contributed by atoms with Gasteiger partial charge < -0.3 is 20.3 Å². The van der Waals surface area contributed by atoms with E-state index in [0.717, 1.165) is 25.9 Å².